The largest absolute Gasteiger partial charge is 0.573 e. The number of hydrogen-bond acceptors (Lipinski definition) is 5. The molecule has 1 aliphatic carbocycles. The molecule has 17 heteroatoms. The van der Waals surface area contributed by atoms with Crippen molar-refractivity contribution in [1.82, 2.24) is 5.32 Å². The third-order valence-corrected chi connectivity index (χ3v) is 8.99. The molecule has 4 aromatic carbocycles. The lowest BCUT2D eigenvalue weighted by molar-refractivity contribution is -0.275. The Bertz CT molecular complexity index is 1920. The SMILES string of the molecule is O=C(NC(Cc1ccc(OC[C@@H]2CCC[C@H](C(=O)O)C2)cc1)(c1cccc(OC(F)(F)F)c1)c1cccc(OC(F)(F)F)c1)c1ccc(F)c(C(F)(F)F)c1. The van der Waals surface area contributed by atoms with Gasteiger partial charge in [-0.1, -0.05) is 42.8 Å². The van der Waals surface area contributed by atoms with Crippen LogP contribution in [0.15, 0.2) is 91.0 Å². The Hall–Kier alpha value is -5.48. The summed E-state index contributed by atoms with van der Waals surface area (Å²) in [6.45, 7) is 0.193. The van der Waals surface area contributed by atoms with Crippen LogP contribution in [-0.4, -0.2) is 36.3 Å². The number of carboxylic acids is 1. The summed E-state index contributed by atoms with van der Waals surface area (Å²) in [5.74, 6) is -5.70. The molecule has 0 unspecified atom stereocenters. The first-order chi connectivity index (χ1) is 25.7. The summed E-state index contributed by atoms with van der Waals surface area (Å²) in [6, 6.07) is 15.5. The molecule has 0 radical (unpaired) electrons. The van der Waals surface area contributed by atoms with Crippen LogP contribution in [0.25, 0.3) is 0 Å². The van der Waals surface area contributed by atoms with Gasteiger partial charge >= 0.3 is 24.9 Å². The van der Waals surface area contributed by atoms with Gasteiger partial charge < -0.3 is 24.6 Å². The lowest BCUT2D eigenvalue weighted by Gasteiger charge is -2.37. The number of rotatable bonds is 12. The normalized spacial score (nSPS) is 16.6. The molecule has 0 spiro atoms. The molecular formula is C38H31F10NO6. The first kappa shape index (κ1) is 40.7. The smallest absolute Gasteiger partial charge is 0.493 e. The molecule has 0 aliphatic heterocycles. The second kappa shape index (κ2) is 16.1. The lowest BCUT2D eigenvalue weighted by Crippen LogP contribution is -2.48. The van der Waals surface area contributed by atoms with E-state index in [4.69, 9.17) is 4.74 Å². The molecule has 1 amide bonds. The average molecular weight is 788 g/mol. The van der Waals surface area contributed by atoms with Gasteiger partial charge in [-0.25, -0.2) is 4.39 Å². The summed E-state index contributed by atoms with van der Waals surface area (Å²) in [4.78, 5) is 25.4. The van der Waals surface area contributed by atoms with Gasteiger partial charge in [0.2, 0.25) is 0 Å². The van der Waals surface area contributed by atoms with E-state index < -0.39 is 77.1 Å². The fourth-order valence-electron chi connectivity index (χ4n) is 6.52. The van der Waals surface area contributed by atoms with Crippen molar-refractivity contribution in [1.29, 1.82) is 0 Å². The van der Waals surface area contributed by atoms with Crippen molar-refractivity contribution in [3.63, 3.8) is 0 Å². The Morgan fingerprint density at radius 3 is 1.84 bits per heavy atom. The van der Waals surface area contributed by atoms with Crippen LogP contribution in [-0.2, 0) is 22.9 Å². The van der Waals surface area contributed by atoms with Crippen LogP contribution in [0.1, 0.15) is 58.3 Å². The highest BCUT2D eigenvalue weighted by Crippen LogP contribution is 2.40. The molecule has 0 heterocycles. The molecule has 0 bridgehead atoms. The van der Waals surface area contributed by atoms with Gasteiger partial charge in [0.25, 0.3) is 5.91 Å². The van der Waals surface area contributed by atoms with Crippen molar-refractivity contribution in [2.45, 2.75) is 56.5 Å². The average Bonchev–Trinajstić information content (AvgIpc) is 3.09. The highest BCUT2D eigenvalue weighted by Gasteiger charge is 2.41. The quantitative estimate of drug-likeness (QED) is 0.139. The van der Waals surface area contributed by atoms with Gasteiger partial charge in [-0.05, 0) is 96.5 Å². The Morgan fingerprint density at radius 1 is 0.727 bits per heavy atom. The monoisotopic (exact) mass is 787 g/mol. The molecule has 1 saturated carbocycles. The number of benzene rings is 4. The molecule has 0 saturated heterocycles. The predicted molar refractivity (Wildman–Crippen MR) is 175 cm³/mol. The van der Waals surface area contributed by atoms with E-state index in [-0.39, 0.29) is 29.7 Å². The van der Waals surface area contributed by atoms with Crippen molar-refractivity contribution in [2.24, 2.45) is 11.8 Å². The van der Waals surface area contributed by atoms with Crippen molar-refractivity contribution in [3.8, 4) is 17.2 Å². The first-order valence-corrected chi connectivity index (χ1v) is 16.6. The number of alkyl halides is 9. The third-order valence-electron chi connectivity index (χ3n) is 8.99. The van der Waals surface area contributed by atoms with E-state index in [1.165, 1.54) is 36.4 Å². The number of carbonyl (C=O) groups is 2. The number of ether oxygens (including phenoxy) is 3. The number of carboxylic acid groups (broad SMARTS) is 1. The summed E-state index contributed by atoms with van der Waals surface area (Å²) in [7, 11) is 0. The number of hydrogen-bond donors (Lipinski definition) is 2. The summed E-state index contributed by atoms with van der Waals surface area (Å²) in [5.41, 5.74) is -4.83. The first-order valence-electron chi connectivity index (χ1n) is 16.6. The van der Waals surface area contributed by atoms with Crippen LogP contribution in [0.3, 0.4) is 0 Å². The van der Waals surface area contributed by atoms with Crippen molar-refractivity contribution < 1.29 is 72.8 Å². The molecule has 5 rings (SSSR count). The van der Waals surface area contributed by atoms with Crippen molar-refractivity contribution in [2.75, 3.05) is 6.61 Å². The minimum atomic E-state index is -5.23. The number of carbonyl (C=O) groups excluding carboxylic acids is 1. The molecule has 4 aromatic rings. The highest BCUT2D eigenvalue weighted by molar-refractivity contribution is 5.95. The maximum absolute atomic E-state index is 14.2. The fraction of sp³-hybridized carbons (Fsp3) is 0.316. The predicted octanol–water partition coefficient (Wildman–Crippen LogP) is 9.83. The second-order valence-electron chi connectivity index (χ2n) is 12.9. The Labute approximate surface area is 306 Å². The van der Waals surface area contributed by atoms with Crippen LogP contribution in [0, 0.1) is 17.7 Å². The van der Waals surface area contributed by atoms with Gasteiger partial charge in [-0.2, -0.15) is 13.2 Å². The zero-order valence-corrected chi connectivity index (χ0v) is 28.3. The third kappa shape index (κ3) is 10.8. The standard InChI is InChI=1S/C38H31F10NO6/c39-32-15-12-24(17-31(32)36(40,41)42)33(50)49-35(26-6-2-8-29(18-26)54-37(43,44)45,27-7-3-9-30(19-27)55-38(46,47)48)20-22-10-13-28(14-11-22)53-21-23-4-1-5-25(16-23)34(51)52/h2-3,6-15,17-19,23,25H,1,4-5,16,20-21H2,(H,49,50)(H,51,52)/t23-,25+/m1/s1. The van der Waals surface area contributed by atoms with Gasteiger partial charge in [-0.3, -0.25) is 9.59 Å². The van der Waals surface area contributed by atoms with Crippen LogP contribution in [0.5, 0.6) is 17.2 Å². The van der Waals surface area contributed by atoms with E-state index in [9.17, 15) is 58.6 Å². The Morgan fingerprint density at radius 2 is 1.31 bits per heavy atom. The van der Waals surface area contributed by atoms with Crippen LogP contribution in [0.2, 0.25) is 0 Å². The maximum Gasteiger partial charge on any atom is 0.573 e. The zero-order chi connectivity index (χ0) is 40.2. The minimum absolute atomic E-state index is 0.0425. The molecule has 2 N–H and O–H groups in total. The molecule has 55 heavy (non-hydrogen) atoms. The van der Waals surface area contributed by atoms with E-state index in [0.29, 0.717) is 36.6 Å². The summed E-state index contributed by atoms with van der Waals surface area (Å²) >= 11 is 0. The van der Waals surface area contributed by atoms with E-state index in [0.717, 1.165) is 48.9 Å². The van der Waals surface area contributed by atoms with Crippen LogP contribution < -0.4 is 19.5 Å². The fourth-order valence-corrected chi connectivity index (χ4v) is 6.52. The molecule has 1 fully saturated rings. The molecule has 7 nitrogen and oxygen atoms in total. The molecule has 1 aliphatic rings. The number of amides is 1. The maximum atomic E-state index is 14.2. The van der Waals surface area contributed by atoms with E-state index in [1.54, 1.807) is 0 Å². The van der Waals surface area contributed by atoms with Gasteiger partial charge in [0, 0.05) is 12.0 Å². The number of aliphatic carboxylic acids is 1. The summed E-state index contributed by atoms with van der Waals surface area (Å²) in [6.07, 6.45) is -13.6. The van der Waals surface area contributed by atoms with Gasteiger partial charge in [0.15, 0.2) is 0 Å². The summed E-state index contributed by atoms with van der Waals surface area (Å²) in [5, 5.41) is 11.9. The van der Waals surface area contributed by atoms with E-state index in [2.05, 4.69) is 14.8 Å². The van der Waals surface area contributed by atoms with Gasteiger partial charge in [0.05, 0.1) is 23.6 Å². The summed E-state index contributed by atoms with van der Waals surface area (Å²) < 4.78 is 149. The van der Waals surface area contributed by atoms with Gasteiger partial charge in [-0.15, -0.1) is 26.3 Å². The zero-order valence-electron chi connectivity index (χ0n) is 28.3. The molecule has 294 valence electrons. The van der Waals surface area contributed by atoms with Crippen molar-refractivity contribution in [3.05, 3.63) is 125 Å². The lowest BCUT2D eigenvalue weighted by atomic mass is 9.77. The molecular weight excluding hydrogens is 756 g/mol. The van der Waals surface area contributed by atoms with E-state index >= 15 is 0 Å². The van der Waals surface area contributed by atoms with E-state index in [1.807, 2.05) is 0 Å². The molecule has 0 aromatic heterocycles. The van der Waals surface area contributed by atoms with Crippen molar-refractivity contribution >= 4 is 11.9 Å². The topological polar surface area (TPSA) is 94.1 Å². The highest BCUT2D eigenvalue weighted by atomic mass is 19.4. The Balaban J connectivity index is 1.60. The number of nitrogens with one attached hydrogen (secondary N) is 1. The molecule has 2 atom stereocenters. The second-order valence-corrected chi connectivity index (χ2v) is 12.9. The van der Waals surface area contributed by atoms with Gasteiger partial charge in [0.1, 0.15) is 23.1 Å². The minimum Gasteiger partial charge on any atom is -0.493 e. The van der Waals surface area contributed by atoms with Crippen LogP contribution in [0.4, 0.5) is 43.9 Å². The van der Waals surface area contributed by atoms with Crippen LogP contribution >= 0.6 is 0 Å². The number of halogens is 10. The Kier molecular flexibility index (Phi) is 11.9.